The average Bonchev–Trinajstić information content (AvgIpc) is 3.10. The highest BCUT2D eigenvalue weighted by Gasteiger charge is 2.06. The highest BCUT2D eigenvalue weighted by Crippen LogP contribution is 2.13. The molecule has 4 N–H and O–H groups in total. The molecule has 0 fully saturated rings. The van der Waals surface area contributed by atoms with Crippen molar-refractivity contribution in [1.29, 1.82) is 0 Å². The molecule has 1 aromatic carbocycles. The number of rotatable bonds is 8. The maximum absolute atomic E-state index is 11.1. The van der Waals surface area contributed by atoms with Gasteiger partial charge >= 0.3 is 0 Å². The van der Waals surface area contributed by atoms with Gasteiger partial charge < -0.3 is 16.4 Å². The van der Waals surface area contributed by atoms with Crippen molar-refractivity contribution in [1.82, 2.24) is 10.6 Å². The Balaban J connectivity index is 0.00000338. The predicted molar refractivity (Wildman–Crippen MR) is 120 cm³/mol. The first-order valence-electron chi connectivity index (χ1n) is 8.51. The van der Waals surface area contributed by atoms with Crippen molar-refractivity contribution in [2.24, 2.45) is 16.6 Å². The van der Waals surface area contributed by atoms with Crippen molar-refractivity contribution < 1.29 is 4.79 Å². The summed E-state index contributed by atoms with van der Waals surface area (Å²) >= 11 is 1.80. The van der Waals surface area contributed by atoms with E-state index in [2.05, 4.69) is 40.1 Å². The number of primary amides is 1. The highest BCUT2D eigenvalue weighted by molar-refractivity contribution is 14.0. The number of hydrogen-bond acceptors (Lipinski definition) is 3. The molecule has 1 heterocycles. The van der Waals surface area contributed by atoms with Gasteiger partial charge in [-0.05, 0) is 48.4 Å². The van der Waals surface area contributed by atoms with Crippen molar-refractivity contribution in [2.45, 2.75) is 26.8 Å². The van der Waals surface area contributed by atoms with Crippen molar-refractivity contribution >= 4 is 47.2 Å². The van der Waals surface area contributed by atoms with Crippen LogP contribution in [0.4, 0.5) is 0 Å². The van der Waals surface area contributed by atoms with Gasteiger partial charge in [-0.1, -0.05) is 25.1 Å². The van der Waals surface area contributed by atoms with Gasteiger partial charge in [-0.2, -0.15) is 0 Å². The van der Waals surface area contributed by atoms with E-state index in [0.29, 0.717) is 18.0 Å². The minimum Gasteiger partial charge on any atom is -0.366 e. The molecule has 1 amide bonds. The summed E-state index contributed by atoms with van der Waals surface area (Å²) in [4.78, 5) is 17.1. The monoisotopic (exact) mass is 486 g/mol. The Hall–Kier alpha value is -1.61. The third-order valence-electron chi connectivity index (χ3n) is 3.75. The molecule has 0 saturated heterocycles. The summed E-state index contributed by atoms with van der Waals surface area (Å²) in [6.07, 6.45) is 1.07. The minimum absolute atomic E-state index is 0. The lowest BCUT2D eigenvalue weighted by Gasteiger charge is -2.15. The molecule has 1 aromatic heterocycles. The first-order valence-corrected chi connectivity index (χ1v) is 9.39. The van der Waals surface area contributed by atoms with Gasteiger partial charge in [0, 0.05) is 23.5 Å². The summed E-state index contributed by atoms with van der Waals surface area (Å²) < 4.78 is 0. The minimum atomic E-state index is -0.412. The summed E-state index contributed by atoms with van der Waals surface area (Å²) in [5.74, 6) is 0.918. The van der Waals surface area contributed by atoms with E-state index >= 15 is 0 Å². The molecular weight excluding hydrogens is 459 g/mol. The van der Waals surface area contributed by atoms with Crippen LogP contribution in [0.2, 0.25) is 0 Å². The molecule has 0 aliphatic rings. The van der Waals surface area contributed by atoms with E-state index in [0.717, 1.165) is 31.0 Å². The number of nitrogens with two attached hydrogens (primary N) is 1. The smallest absolute Gasteiger partial charge is 0.248 e. The molecule has 7 heteroatoms. The molecule has 0 bridgehead atoms. The molecule has 0 aliphatic carbocycles. The Kier molecular flexibility index (Phi) is 10.3. The normalized spacial score (nSPS) is 12.2. The summed E-state index contributed by atoms with van der Waals surface area (Å²) in [5.41, 5.74) is 6.81. The molecule has 0 radical (unpaired) electrons. The van der Waals surface area contributed by atoms with Crippen LogP contribution in [-0.4, -0.2) is 25.0 Å². The van der Waals surface area contributed by atoms with Crippen molar-refractivity contribution in [3.8, 4) is 0 Å². The Bertz CT molecular complexity index is 686. The van der Waals surface area contributed by atoms with Crippen LogP contribution < -0.4 is 16.4 Å². The zero-order valence-electron chi connectivity index (χ0n) is 15.2. The van der Waals surface area contributed by atoms with Gasteiger partial charge in [-0.15, -0.1) is 35.3 Å². The van der Waals surface area contributed by atoms with Crippen LogP contribution in [-0.2, 0) is 13.0 Å². The lowest BCUT2D eigenvalue weighted by atomic mass is 10.1. The molecular formula is C19H27IN4OS. The topological polar surface area (TPSA) is 79.5 Å². The number of thiophene rings is 1. The predicted octanol–water partition coefficient (Wildman–Crippen LogP) is 3.40. The number of carbonyl (C=O) groups is 1. The van der Waals surface area contributed by atoms with Gasteiger partial charge in [0.15, 0.2) is 5.96 Å². The summed E-state index contributed by atoms with van der Waals surface area (Å²) in [6, 6.07) is 11.5. The van der Waals surface area contributed by atoms with Gasteiger partial charge in [-0.3, -0.25) is 4.79 Å². The number of nitrogens with zero attached hydrogens (tertiary/aromatic N) is 1. The van der Waals surface area contributed by atoms with Gasteiger partial charge in [0.2, 0.25) is 5.91 Å². The number of aliphatic imine (C=N–C) groups is 1. The average molecular weight is 486 g/mol. The van der Waals surface area contributed by atoms with Crippen LogP contribution in [0.1, 0.15) is 34.6 Å². The molecule has 5 nitrogen and oxygen atoms in total. The SMILES string of the molecule is CCNC(=NCc1ccc(C(N)=O)cc1)NCC(C)Cc1cccs1.I. The summed E-state index contributed by atoms with van der Waals surface area (Å²) in [7, 11) is 0. The van der Waals surface area contributed by atoms with Crippen molar-refractivity contribution in [3.05, 3.63) is 57.8 Å². The van der Waals surface area contributed by atoms with Crippen molar-refractivity contribution in [3.63, 3.8) is 0 Å². The van der Waals surface area contributed by atoms with Crippen LogP contribution >= 0.6 is 35.3 Å². The lowest BCUT2D eigenvalue weighted by molar-refractivity contribution is 0.100. The first-order chi connectivity index (χ1) is 12.1. The second kappa shape index (κ2) is 11.9. The number of hydrogen-bond donors (Lipinski definition) is 3. The second-order valence-corrected chi connectivity index (χ2v) is 7.06. The fourth-order valence-electron chi connectivity index (χ4n) is 2.40. The van der Waals surface area contributed by atoms with Crippen LogP contribution in [0.5, 0.6) is 0 Å². The van der Waals surface area contributed by atoms with E-state index in [4.69, 9.17) is 5.73 Å². The molecule has 26 heavy (non-hydrogen) atoms. The Morgan fingerprint density at radius 2 is 1.96 bits per heavy atom. The summed E-state index contributed by atoms with van der Waals surface area (Å²) in [5, 5.41) is 8.78. The Morgan fingerprint density at radius 3 is 2.54 bits per heavy atom. The van der Waals surface area contributed by atoms with Crippen LogP contribution in [0.25, 0.3) is 0 Å². The molecule has 1 unspecified atom stereocenters. The zero-order chi connectivity index (χ0) is 18.1. The summed E-state index contributed by atoms with van der Waals surface area (Å²) in [6.45, 7) is 6.51. The largest absolute Gasteiger partial charge is 0.366 e. The second-order valence-electron chi connectivity index (χ2n) is 6.03. The number of carbonyl (C=O) groups excluding carboxylic acids is 1. The van der Waals surface area contributed by atoms with E-state index in [1.807, 2.05) is 19.1 Å². The fourth-order valence-corrected chi connectivity index (χ4v) is 3.27. The number of amides is 1. The van der Waals surface area contributed by atoms with Crippen LogP contribution in [0.15, 0.2) is 46.8 Å². The van der Waals surface area contributed by atoms with E-state index in [1.165, 1.54) is 4.88 Å². The van der Waals surface area contributed by atoms with Gasteiger partial charge in [0.1, 0.15) is 0 Å². The van der Waals surface area contributed by atoms with E-state index in [-0.39, 0.29) is 24.0 Å². The van der Waals surface area contributed by atoms with Gasteiger partial charge in [-0.25, -0.2) is 4.99 Å². The van der Waals surface area contributed by atoms with Gasteiger partial charge in [0.25, 0.3) is 0 Å². The molecule has 1 atom stereocenters. The third-order valence-corrected chi connectivity index (χ3v) is 4.65. The van der Waals surface area contributed by atoms with E-state index in [1.54, 1.807) is 23.5 Å². The van der Waals surface area contributed by atoms with Crippen LogP contribution in [0.3, 0.4) is 0 Å². The first kappa shape index (κ1) is 22.4. The third kappa shape index (κ3) is 7.74. The number of halogens is 1. The maximum Gasteiger partial charge on any atom is 0.248 e. The number of nitrogens with one attached hydrogen (secondary N) is 2. The standard InChI is InChI=1S/C19H26N4OS.HI/c1-3-21-19(22-12-14(2)11-17-5-4-10-25-17)23-13-15-6-8-16(9-7-15)18(20)24;/h4-10,14H,3,11-13H2,1-2H3,(H2,20,24)(H2,21,22,23);1H. The molecule has 142 valence electrons. The molecule has 2 aromatic rings. The van der Waals surface area contributed by atoms with Crippen LogP contribution in [0, 0.1) is 5.92 Å². The van der Waals surface area contributed by atoms with Crippen molar-refractivity contribution in [2.75, 3.05) is 13.1 Å². The zero-order valence-corrected chi connectivity index (χ0v) is 18.3. The Labute approximate surface area is 176 Å². The van der Waals surface area contributed by atoms with E-state index < -0.39 is 5.91 Å². The molecule has 2 rings (SSSR count). The molecule has 0 saturated carbocycles. The lowest BCUT2D eigenvalue weighted by Crippen LogP contribution is -2.39. The number of benzene rings is 1. The van der Waals surface area contributed by atoms with E-state index in [9.17, 15) is 4.79 Å². The quantitative estimate of drug-likeness (QED) is 0.304. The highest BCUT2D eigenvalue weighted by atomic mass is 127. The maximum atomic E-state index is 11.1. The Morgan fingerprint density at radius 1 is 1.23 bits per heavy atom. The number of guanidine groups is 1. The molecule has 0 aliphatic heterocycles. The fraction of sp³-hybridized carbons (Fsp3) is 0.368. The molecule has 0 spiro atoms. The van der Waals surface area contributed by atoms with Gasteiger partial charge in [0.05, 0.1) is 6.54 Å².